The average molecular weight is 396 g/mol. The highest BCUT2D eigenvalue weighted by Crippen LogP contribution is 2.19. The first-order valence-corrected chi connectivity index (χ1v) is 9.67. The molecule has 146 valence electrons. The summed E-state index contributed by atoms with van der Waals surface area (Å²) in [6.07, 6.45) is 2.22. The summed E-state index contributed by atoms with van der Waals surface area (Å²) in [5.41, 5.74) is 0.537. The summed E-state index contributed by atoms with van der Waals surface area (Å²) in [4.78, 5) is 15.7. The molecule has 1 amide bonds. The summed E-state index contributed by atoms with van der Waals surface area (Å²) >= 11 is 1.66. The lowest BCUT2D eigenvalue weighted by molar-refractivity contribution is -0.117. The molecule has 1 aliphatic heterocycles. The molecule has 0 saturated carbocycles. The maximum absolute atomic E-state index is 12.4. The zero-order valence-corrected chi connectivity index (χ0v) is 15.6. The van der Waals surface area contributed by atoms with E-state index in [0.717, 1.165) is 19.4 Å². The van der Waals surface area contributed by atoms with Crippen molar-refractivity contribution in [3.8, 4) is 5.75 Å². The van der Waals surface area contributed by atoms with Gasteiger partial charge in [-0.2, -0.15) is 8.78 Å². The Labute approximate surface area is 160 Å². The zero-order chi connectivity index (χ0) is 19.1. The van der Waals surface area contributed by atoms with Gasteiger partial charge in [-0.25, -0.2) is 0 Å². The molecule has 1 fully saturated rings. The predicted octanol–water partition coefficient (Wildman–Crippen LogP) is 3.97. The van der Waals surface area contributed by atoms with E-state index in [9.17, 15) is 13.6 Å². The van der Waals surface area contributed by atoms with Crippen LogP contribution in [0.25, 0.3) is 0 Å². The predicted molar refractivity (Wildman–Crippen MR) is 100 cm³/mol. The summed E-state index contributed by atoms with van der Waals surface area (Å²) in [6, 6.07) is 9.92. The number of anilines is 1. The molecular weight excluding hydrogens is 374 g/mol. The van der Waals surface area contributed by atoms with Gasteiger partial charge in [0.25, 0.3) is 0 Å². The third-order valence-corrected chi connectivity index (χ3v) is 5.04. The van der Waals surface area contributed by atoms with Crippen LogP contribution in [0, 0.1) is 0 Å². The zero-order valence-electron chi connectivity index (χ0n) is 14.8. The molecule has 0 radical (unpaired) electrons. The Morgan fingerprint density at radius 1 is 1.33 bits per heavy atom. The molecule has 0 spiro atoms. The Morgan fingerprint density at radius 2 is 2.15 bits per heavy atom. The fourth-order valence-corrected chi connectivity index (χ4v) is 3.75. The van der Waals surface area contributed by atoms with E-state index in [1.54, 1.807) is 23.5 Å². The Morgan fingerprint density at radius 3 is 2.78 bits per heavy atom. The van der Waals surface area contributed by atoms with E-state index in [2.05, 4.69) is 15.0 Å². The molecule has 1 saturated heterocycles. The lowest BCUT2D eigenvalue weighted by Crippen LogP contribution is -2.37. The van der Waals surface area contributed by atoms with Gasteiger partial charge in [0.15, 0.2) is 0 Å². The molecular formula is C19H22F2N2O3S. The van der Waals surface area contributed by atoms with Gasteiger partial charge in [0.05, 0.1) is 12.6 Å². The fourth-order valence-electron chi connectivity index (χ4n) is 3.01. The standard InChI is InChI=1S/C19H22F2N2O3S/c20-19(21)26-15-7-5-14(6-8-15)22-18(24)13-23(11-16-3-1-9-25-16)12-17-4-2-10-27-17/h2,4-8,10,16,19H,1,3,9,11-13H2,(H,22,24)/t16-/m1/s1. The summed E-state index contributed by atoms with van der Waals surface area (Å²) < 4.78 is 34.4. The molecule has 5 nitrogen and oxygen atoms in total. The van der Waals surface area contributed by atoms with Crippen molar-refractivity contribution < 1.29 is 23.0 Å². The first kappa shape index (κ1) is 19.7. The van der Waals surface area contributed by atoms with E-state index in [-0.39, 0.29) is 24.3 Å². The Bertz CT molecular complexity index is 704. The van der Waals surface area contributed by atoms with Crippen molar-refractivity contribution in [3.63, 3.8) is 0 Å². The maximum Gasteiger partial charge on any atom is 0.387 e. The van der Waals surface area contributed by atoms with E-state index in [4.69, 9.17) is 4.74 Å². The molecule has 1 N–H and O–H groups in total. The number of amides is 1. The van der Waals surface area contributed by atoms with Crippen LogP contribution in [0.3, 0.4) is 0 Å². The first-order valence-electron chi connectivity index (χ1n) is 8.79. The third-order valence-electron chi connectivity index (χ3n) is 4.18. The average Bonchev–Trinajstić information content (AvgIpc) is 3.30. The molecule has 0 unspecified atom stereocenters. The number of hydrogen-bond donors (Lipinski definition) is 1. The van der Waals surface area contributed by atoms with Crippen LogP contribution in [0.15, 0.2) is 41.8 Å². The Kier molecular flexibility index (Phi) is 7.14. The largest absolute Gasteiger partial charge is 0.435 e. The minimum Gasteiger partial charge on any atom is -0.435 e. The molecule has 8 heteroatoms. The molecule has 2 heterocycles. The molecule has 1 aromatic heterocycles. The van der Waals surface area contributed by atoms with Gasteiger partial charge >= 0.3 is 6.61 Å². The number of thiophene rings is 1. The van der Waals surface area contributed by atoms with Crippen molar-refractivity contribution in [3.05, 3.63) is 46.7 Å². The van der Waals surface area contributed by atoms with Gasteiger partial charge in [-0.1, -0.05) is 6.07 Å². The van der Waals surface area contributed by atoms with E-state index >= 15 is 0 Å². The van der Waals surface area contributed by atoms with Crippen LogP contribution in [0.4, 0.5) is 14.5 Å². The van der Waals surface area contributed by atoms with Crippen molar-refractivity contribution in [2.75, 3.05) is 25.0 Å². The molecule has 1 aliphatic rings. The van der Waals surface area contributed by atoms with E-state index in [0.29, 0.717) is 18.8 Å². The molecule has 0 aliphatic carbocycles. The van der Waals surface area contributed by atoms with Crippen molar-refractivity contribution in [1.82, 2.24) is 4.90 Å². The van der Waals surface area contributed by atoms with Crippen LogP contribution in [0.1, 0.15) is 17.7 Å². The number of carbonyl (C=O) groups excluding carboxylic acids is 1. The molecule has 1 aromatic carbocycles. The van der Waals surface area contributed by atoms with Gasteiger partial charge < -0.3 is 14.8 Å². The summed E-state index contributed by atoms with van der Waals surface area (Å²) in [6.45, 7) is -0.475. The highest BCUT2D eigenvalue weighted by Gasteiger charge is 2.21. The van der Waals surface area contributed by atoms with Crippen LogP contribution in [-0.4, -0.2) is 43.2 Å². The molecule has 2 aromatic rings. The van der Waals surface area contributed by atoms with Crippen LogP contribution in [0.2, 0.25) is 0 Å². The van der Waals surface area contributed by atoms with Gasteiger partial charge in [-0.15, -0.1) is 11.3 Å². The van der Waals surface area contributed by atoms with Gasteiger partial charge in [-0.05, 0) is 48.6 Å². The number of benzene rings is 1. The molecule has 27 heavy (non-hydrogen) atoms. The quantitative estimate of drug-likeness (QED) is 0.697. The van der Waals surface area contributed by atoms with Crippen molar-refractivity contribution in [2.45, 2.75) is 32.1 Å². The van der Waals surface area contributed by atoms with E-state index in [1.807, 2.05) is 17.5 Å². The van der Waals surface area contributed by atoms with Gasteiger partial charge in [0.2, 0.25) is 5.91 Å². The summed E-state index contributed by atoms with van der Waals surface area (Å²) in [5.74, 6) is -0.104. The Hall–Kier alpha value is -2.03. The lowest BCUT2D eigenvalue weighted by atomic mass is 10.2. The number of hydrogen-bond acceptors (Lipinski definition) is 5. The number of rotatable bonds is 9. The van der Waals surface area contributed by atoms with E-state index in [1.165, 1.54) is 17.0 Å². The minimum atomic E-state index is -2.87. The highest BCUT2D eigenvalue weighted by molar-refractivity contribution is 7.09. The molecule has 1 atom stereocenters. The van der Waals surface area contributed by atoms with Crippen LogP contribution in [-0.2, 0) is 16.1 Å². The van der Waals surface area contributed by atoms with Crippen molar-refractivity contribution >= 4 is 22.9 Å². The third kappa shape index (κ3) is 6.57. The molecule has 0 bridgehead atoms. The van der Waals surface area contributed by atoms with Gasteiger partial charge in [0, 0.05) is 30.3 Å². The Balaban J connectivity index is 1.55. The summed E-state index contributed by atoms with van der Waals surface area (Å²) in [5, 5.41) is 4.81. The number of halogens is 2. The normalized spacial score (nSPS) is 16.8. The second-order valence-electron chi connectivity index (χ2n) is 6.34. The number of ether oxygens (including phenoxy) is 2. The first-order chi connectivity index (χ1) is 13.1. The summed E-state index contributed by atoms with van der Waals surface area (Å²) in [7, 11) is 0. The number of alkyl halides is 2. The fraction of sp³-hybridized carbons (Fsp3) is 0.421. The maximum atomic E-state index is 12.4. The number of carbonyl (C=O) groups is 1. The number of nitrogens with one attached hydrogen (secondary N) is 1. The topological polar surface area (TPSA) is 50.8 Å². The van der Waals surface area contributed by atoms with Crippen molar-refractivity contribution in [1.29, 1.82) is 0 Å². The van der Waals surface area contributed by atoms with Crippen LogP contribution >= 0.6 is 11.3 Å². The highest BCUT2D eigenvalue weighted by atomic mass is 32.1. The monoisotopic (exact) mass is 396 g/mol. The molecule has 3 rings (SSSR count). The van der Waals surface area contributed by atoms with Crippen LogP contribution < -0.4 is 10.1 Å². The van der Waals surface area contributed by atoms with Crippen molar-refractivity contribution in [2.24, 2.45) is 0 Å². The smallest absolute Gasteiger partial charge is 0.387 e. The minimum absolute atomic E-state index is 0.0562. The second-order valence-corrected chi connectivity index (χ2v) is 7.37. The lowest BCUT2D eigenvalue weighted by Gasteiger charge is -2.24. The second kappa shape index (κ2) is 9.77. The van der Waals surface area contributed by atoms with E-state index < -0.39 is 6.61 Å². The van der Waals surface area contributed by atoms with Gasteiger partial charge in [0.1, 0.15) is 5.75 Å². The SMILES string of the molecule is O=C(CN(Cc1cccs1)C[C@H]1CCCO1)Nc1ccc(OC(F)F)cc1. The van der Waals surface area contributed by atoms with Crippen LogP contribution in [0.5, 0.6) is 5.75 Å². The number of nitrogens with zero attached hydrogens (tertiary/aromatic N) is 1. The van der Waals surface area contributed by atoms with Gasteiger partial charge in [-0.3, -0.25) is 9.69 Å².